The number of rotatable bonds is 10. The molecule has 118 valence electrons. The highest BCUT2D eigenvalue weighted by atomic mass is 16.5. The topological polar surface area (TPSA) is 44.3 Å². The van der Waals surface area contributed by atoms with E-state index in [0.29, 0.717) is 13.2 Å². The van der Waals surface area contributed by atoms with Gasteiger partial charge in [0, 0.05) is 7.11 Å². The lowest BCUT2D eigenvalue weighted by atomic mass is 10.2. The lowest BCUT2D eigenvalue weighted by Gasteiger charge is -2.08. The van der Waals surface area contributed by atoms with Crippen LogP contribution in [-0.4, -0.2) is 33.4 Å². The number of nitrogens with two attached hydrogens (primary N) is 1. The van der Waals surface area contributed by atoms with Gasteiger partial charge < -0.3 is 19.5 Å². The molecule has 2 aromatic rings. The van der Waals surface area contributed by atoms with Crippen molar-refractivity contribution in [2.75, 3.05) is 33.4 Å². The largest absolute Gasteiger partial charge is 0.489 e. The van der Waals surface area contributed by atoms with Gasteiger partial charge in [-0.25, -0.2) is 0 Å². The van der Waals surface area contributed by atoms with Gasteiger partial charge in [-0.15, -0.1) is 0 Å². The fourth-order valence-corrected chi connectivity index (χ4v) is 1.98. The Kier molecular flexibility index (Phi) is 7.29. The van der Waals surface area contributed by atoms with E-state index in [1.807, 2.05) is 42.5 Å². The van der Waals surface area contributed by atoms with E-state index in [0.717, 1.165) is 36.8 Å². The predicted octanol–water partition coefficient (Wildman–Crippen LogP) is 1.85. The van der Waals surface area contributed by atoms with Crippen molar-refractivity contribution in [1.82, 2.24) is 0 Å². The van der Waals surface area contributed by atoms with Crippen molar-refractivity contribution < 1.29 is 19.5 Å². The summed E-state index contributed by atoms with van der Waals surface area (Å²) in [6, 6.07) is 17.9. The number of benzene rings is 2. The molecule has 2 rings (SSSR count). The second-order valence-corrected chi connectivity index (χ2v) is 4.95. The van der Waals surface area contributed by atoms with Crippen molar-refractivity contribution in [2.45, 2.75) is 6.61 Å². The number of hydrogen-bond acceptors (Lipinski definition) is 3. The van der Waals surface area contributed by atoms with E-state index in [4.69, 9.17) is 14.2 Å². The van der Waals surface area contributed by atoms with Crippen molar-refractivity contribution in [2.24, 2.45) is 0 Å². The third kappa shape index (κ3) is 6.16. The van der Waals surface area contributed by atoms with Crippen molar-refractivity contribution >= 4 is 0 Å². The van der Waals surface area contributed by atoms with Gasteiger partial charge in [0.1, 0.15) is 31.3 Å². The molecule has 0 spiro atoms. The highest BCUT2D eigenvalue weighted by Gasteiger charge is 1.98. The summed E-state index contributed by atoms with van der Waals surface area (Å²) < 4.78 is 16.4. The number of methoxy groups -OCH3 is 1. The molecule has 0 atom stereocenters. The van der Waals surface area contributed by atoms with Gasteiger partial charge >= 0.3 is 0 Å². The maximum absolute atomic E-state index is 5.74. The summed E-state index contributed by atoms with van der Waals surface area (Å²) in [5.41, 5.74) is 1.16. The molecule has 0 radical (unpaired) electrons. The molecule has 0 amide bonds. The minimum atomic E-state index is 0.579. The van der Waals surface area contributed by atoms with Crippen LogP contribution < -0.4 is 14.8 Å². The second-order valence-electron chi connectivity index (χ2n) is 4.95. The Morgan fingerprint density at radius 3 is 2.09 bits per heavy atom. The molecule has 4 nitrogen and oxygen atoms in total. The zero-order chi connectivity index (χ0) is 15.5. The Morgan fingerprint density at radius 1 is 0.773 bits per heavy atom. The maximum Gasteiger partial charge on any atom is 0.137 e. The standard InChI is InChI=1S/C18H23NO3/c1-20-13-11-19-12-14-21-17-7-9-18(10-8-17)22-15-16-5-3-2-4-6-16/h2-10,19H,11-15H2,1H3/p+1. The Morgan fingerprint density at radius 2 is 1.41 bits per heavy atom. The summed E-state index contributed by atoms with van der Waals surface area (Å²) in [6.45, 7) is 3.93. The minimum absolute atomic E-state index is 0.579. The highest BCUT2D eigenvalue weighted by Crippen LogP contribution is 2.18. The van der Waals surface area contributed by atoms with Crippen LogP contribution in [0.15, 0.2) is 54.6 Å². The normalized spacial score (nSPS) is 10.4. The van der Waals surface area contributed by atoms with Crippen molar-refractivity contribution in [3.8, 4) is 11.5 Å². The third-order valence-corrected chi connectivity index (χ3v) is 3.19. The smallest absolute Gasteiger partial charge is 0.137 e. The van der Waals surface area contributed by atoms with Crippen molar-refractivity contribution in [1.29, 1.82) is 0 Å². The monoisotopic (exact) mass is 302 g/mol. The van der Waals surface area contributed by atoms with E-state index in [1.165, 1.54) is 0 Å². The van der Waals surface area contributed by atoms with Gasteiger partial charge in [0.2, 0.25) is 0 Å². The predicted molar refractivity (Wildman–Crippen MR) is 86.2 cm³/mol. The Balaban J connectivity index is 1.67. The van der Waals surface area contributed by atoms with Gasteiger partial charge in [0.15, 0.2) is 0 Å². The Bertz CT molecular complexity index is 514. The van der Waals surface area contributed by atoms with Gasteiger partial charge in [0.05, 0.1) is 13.2 Å². The van der Waals surface area contributed by atoms with E-state index < -0.39 is 0 Å². The van der Waals surface area contributed by atoms with E-state index in [2.05, 4.69) is 17.4 Å². The number of quaternary nitrogens is 1. The summed E-state index contributed by atoms with van der Waals surface area (Å²) >= 11 is 0. The lowest BCUT2D eigenvalue weighted by Crippen LogP contribution is -2.86. The molecule has 0 unspecified atom stereocenters. The summed E-state index contributed by atoms with van der Waals surface area (Å²) in [7, 11) is 1.71. The molecule has 0 aliphatic rings. The summed E-state index contributed by atoms with van der Waals surface area (Å²) in [5.74, 6) is 1.72. The average molecular weight is 302 g/mol. The number of hydrogen-bond donors (Lipinski definition) is 1. The minimum Gasteiger partial charge on any atom is -0.489 e. The van der Waals surface area contributed by atoms with Crippen LogP contribution in [0.3, 0.4) is 0 Å². The molecule has 0 saturated heterocycles. The first-order chi connectivity index (χ1) is 10.9. The van der Waals surface area contributed by atoms with Crippen molar-refractivity contribution in [3.63, 3.8) is 0 Å². The molecular formula is C18H24NO3+. The molecule has 0 fully saturated rings. The van der Waals surface area contributed by atoms with Gasteiger partial charge in [0.25, 0.3) is 0 Å². The summed E-state index contributed by atoms with van der Waals surface area (Å²) in [4.78, 5) is 0. The molecule has 0 bridgehead atoms. The van der Waals surface area contributed by atoms with Crippen molar-refractivity contribution in [3.05, 3.63) is 60.2 Å². The van der Waals surface area contributed by atoms with Crippen LogP contribution in [-0.2, 0) is 11.3 Å². The molecule has 0 heterocycles. The molecule has 2 aromatic carbocycles. The van der Waals surface area contributed by atoms with Gasteiger partial charge in [-0.2, -0.15) is 0 Å². The van der Waals surface area contributed by atoms with Crippen LogP contribution in [0.4, 0.5) is 0 Å². The lowest BCUT2D eigenvalue weighted by molar-refractivity contribution is -0.656. The highest BCUT2D eigenvalue weighted by molar-refractivity contribution is 5.31. The summed E-state index contributed by atoms with van der Waals surface area (Å²) in [6.07, 6.45) is 0. The molecule has 2 N–H and O–H groups in total. The zero-order valence-electron chi connectivity index (χ0n) is 13.0. The maximum atomic E-state index is 5.74. The number of ether oxygens (including phenoxy) is 3. The molecule has 0 saturated carbocycles. The molecule has 4 heteroatoms. The van der Waals surface area contributed by atoms with Gasteiger partial charge in [-0.05, 0) is 29.8 Å². The van der Waals surface area contributed by atoms with E-state index in [9.17, 15) is 0 Å². The van der Waals surface area contributed by atoms with Crippen LogP contribution in [0, 0.1) is 0 Å². The van der Waals surface area contributed by atoms with E-state index in [-0.39, 0.29) is 0 Å². The SMILES string of the molecule is COCC[NH2+]CCOc1ccc(OCc2ccccc2)cc1. The van der Waals surface area contributed by atoms with Gasteiger partial charge in [-0.1, -0.05) is 30.3 Å². The van der Waals surface area contributed by atoms with E-state index in [1.54, 1.807) is 7.11 Å². The first kappa shape index (κ1) is 16.3. The average Bonchev–Trinajstić information content (AvgIpc) is 2.58. The quantitative estimate of drug-likeness (QED) is 0.681. The van der Waals surface area contributed by atoms with Crippen LogP contribution in [0.2, 0.25) is 0 Å². The molecule has 22 heavy (non-hydrogen) atoms. The molecular weight excluding hydrogens is 278 g/mol. The second kappa shape index (κ2) is 9.82. The van der Waals surface area contributed by atoms with Gasteiger partial charge in [-0.3, -0.25) is 0 Å². The Labute approximate surface area is 132 Å². The Hall–Kier alpha value is -2.04. The zero-order valence-corrected chi connectivity index (χ0v) is 13.0. The van der Waals surface area contributed by atoms with Crippen LogP contribution in [0.25, 0.3) is 0 Å². The molecule has 0 aliphatic carbocycles. The van der Waals surface area contributed by atoms with Crippen LogP contribution in [0.5, 0.6) is 11.5 Å². The molecule has 0 aliphatic heterocycles. The summed E-state index contributed by atoms with van der Waals surface area (Å²) in [5, 5.41) is 2.18. The molecule has 0 aromatic heterocycles. The van der Waals surface area contributed by atoms with E-state index >= 15 is 0 Å². The fourth-order valence-electron chi connectivity index (χ4n) is 1.98. The van der Waals surface area contributed by atoms with Crippen LogP contribution in [0.1, 0.15) is 5.56 Å². The van der Waals surface area contributed by atoms with Crippen LogP contribution >= 0.6 is 0 Å². The fraction of sp³-hybridized carbons (Fsp3) is 0.333. The first-order valence-corrected chi connectivity index (χ1v) is 7.58. The third-order valence-electron chi connectivity index (χ3n) is 3.19. The first-order valence-electron chi connectivity index (χ1n) is 7.58.